The molecule has 0 saturated carbocycles. The molecule has 0 aromatic rings. The van der Waals surface area contributed by atoms with Crippen LogP contribution in [0.5, 0.6) is 0 Å². The van der Waals surface area contributed by atoms with E-state index in [1.54, 1.807) is 11.8 Å². The zero-order valence-corrected chi connectivity index (χ0v) is 8.76. The first-order valence-corrected chi connectivity index (χ1v) is 4.83. The molecule has 0 aromatic heterocycles. The Kier molecular flexibility index (Phi) is 5.77. The number of hydrogen-bond donors (Lipinski definition) is 0. The third kappa shape index (κ3) is 4.37. The van der Waals surface area contributed by atoms with Gasteiger partial charge in [-0.2, -0.15) is 0 Å². The quantitative estimate of drug-likeness (QED) is 0.621. The normalized spacial score (nSPS) is 10.4. The van der Waals surface area contributed by atoms with Crippen molar-refractivity contribution < 1.29 is 4.79 Å². The van der Waals surface area contributed by atoms with Gasteiger partial charge in [-0.1, -0.05) is 26.7 Å². The van der Waals surface area contributed by atoms with Crippen LogP contribution in [0.4, 0.5) is 0 Å². The van der Waals surface area contributed by atoms with Gasteiger partial charge in [0.25, 0.3) is 0 Å². The maximum atomic E-state index is 10.9. The van der Waals surface area contributed by atoms with Crippen LogP contribution in [0.25, 0.3) is 0 Å². The van der Waals surface area contributed by atoms with Crippen LogP contribution in [0, 0.1) is 5.92 Å². The largest absolute Gasteiger partial charge is 0.346 e. The van der Waals surface area contributed by atoms with Gasteiger partial charge in [-0.25, -0.2) is 0 Å². The topological polar surface area (TPSA) is 20.3 Å². The monoisotopic (exact) mass is 171 g/mol. The van der Waals surface area contributed by atoms with Crippen molar-refractivity contribution in [1.29, 1.82) is 0 Å². The molecule has 0 aromatic carbocycles. The fourth-order valence-corrected chi connectivity index (χ4v) is 1.23. The number of rotatable bonds is 5. The summed E-state index contributed by atoms with van der Waals surface area (Å²) in [5, 5.41) is 0. The van der Waals surface area contributed by atoms with E-state index in [1.807, 2.05) is 7.05 Å². The molecule has 0 fully saturated rings. The summed E-state index contributed by atoms with van der Waals surface area (Å²) in [6, 6.07) is 0. The van der Waals surface area contributed by atoms with Crippen molar-refractivity contribution in [2.24, 2.45) is 5.92 Å². The first-order valence-electron chi connectivity index (χ1n) is 4.83. The van der Waals surface area contributed by atoms with E-state index in [4.69, 9.17) is 0 Å². The lowest BCUT2D eigenvalue weighted by molar-refractivity contribution is -0.127. The summed E-state index contributed by atoms with van der Waals surface area (Å²) in [6.45, 7) is 6.94. The average molecular weight is 171 g/mol. The van der Waals surface area contributed by atoms with Crippen LogP contribution in [-0.2, 0) is 4.79 Å². The first kappa shape index (κ1) is 11.5. The van der Waals surface area contributed by atoms with Crippen molar-refractivity contribution in [2.45, 2.75) is 40.0 Å². The summed E-state index contributed by atoms with van der Waals surface area (Å²) < 4.78 is 0. The molecular formula is C10H21NO. The van der Waals surface area contributed by atoms with Gasteiger partial charge in [-0.15, -0.1) is 0 Å². The highest BCUT2D eigenvalue weighted by molar-refractivity contribution is 5.72. The molecule has 0 heterocycles. The van der Waals surface area contributed by atoms with Crippen LogP contribution >= 0.6 is 0 Å². The van der Waals surface area contributed by atoms with Gasteiger partial charge in [-0.3, -0.25) is 4.79 Å². The molecule has 0 unspecified atom stereocenters. The molecule has 2 heteroatoms. The lowest BCUT2D eigenvalue weighted by Crippen LogP contribution is -2.26. The number of nitrogens with zero attached hydrogens (tertiary/aromatic N) is 1. The fraction of sp³-hybridized carbons (Fsp3) is 0.900. The summed E-state index contributed by atoms with van der Waals surface area (Å²) in [5.41, 5.74) is 0. The molecular weight excluding hydrogens is 150 g/mol. The van der Waals surface area contributed by atoms with E-state index in [1.165, 1.54) is 12.8 Å². The van der Waals surface area contributed by atoms with E-state index >= 15 is 0 Å². The molecule has 0 saturated heterocycles. The smallest absolute Gasteiger partial charge is 0.219 e. The van der Waals surface area contributed by atoms with Gasteiger partial charge < -0.3 is 4.90 Å². The zero-order valence-electron chi connectivity index (χ0n) is 8.76. The SMILES string of the molecule is CCC(CC)CCN(C)C(C)=O. The van der Waals surface area contributed by atoms with Gasteiger partial charge >= 0.3 is 0 Å². The molecule has 2 nitrogen and oxygen atoms in total. The second-order valence-electron chi connectivity index (χ2n) is 3.41. The highest BCUT2D eigenvalue weighted by Gasteiger charge is 2.06. The number of hydrogen-bond acceptors (Lipinski definition) is 1. The molecule has 0 aliphatic rings. The van der Waals surface area contributed by atoms with E-state index in [2.05, 4.69) is 13.8 Å². The summed E-state index contributed by atoms with van der Waals surface area (Å²) in [5.74, 6) is 0.952. The molecule has 0 aliphatic heterocycles. The number of carbonyl (C=O) groups is 1. The molecule has 72 valence electrons. The van der Waals surface area contributed by atoms with Gasteiger partial charge in [0.2, 0.25) is 5.91 Å². The maximum absolute atomic E-state index is 10.9. The summed E-state index contributed by atoms with van der Waals surface area (Å²) in [4.78, 5) is 12.6. The second-order valence-corrected chi connectivity index (χ2v) is 3.41. The Hall–Kier alpha value is -0.530. The maximum Gasteiger partial charge on any atom is 0.219 e. The molecule has 0 rings (SSSR count). The molecule has 0 spiro atoms. The minimum atomic E-state index is 0.168. The number of carbonyl (C=O) groups excluding carboxylic acids is 1. The zero-order chi connectivity index (χ0) is 9.56. The van der Waals surface area contributed by atoms with Crippen LogP contribution in [-0.4, -0.2) is 24.4 Å². The van der Waals surface area contributed by atoms with Crippen molar-refractivity contribution in [3.8, 4) is 0 Å². The van der Waals surface area contributed by atoms with Gasteiger partial charge in [0.15, 0.2) is 0 Å². The predicted molar refractivity (Wildman–Crippen MR) is 52.0 cm³/mol. The Morgan fingerprint density at radius 2 is 1.83 bits per heavy atom. The Bertz CT molecular complexity index is 130. The lowest BCUT2D eigenvalue weighted by atomic mass is 9.99. The second kappa shape index (κ2) is 6.04. The highest BCUT2D eigenvalue weighted by Crippen LogP contribution is 2.12. The average Bonchev–Trinajstić information content (AvgIpc) is 2.05. The van der Waals surface area contributed by atoms with E-state index in [9.17, 15) is 4.79 Å². The molecule has 0 radical (unpaired) electrons. The molecule has 12 heavy (non-hydrogen) atoms. The third-order valence-corrected chi connectivity index (χ3v) is 2.57. The van der Waals surface area contributed by atoms with Gasteiger partial charge in [-0.05, 0) is 12.3 Å². The molecule has 0 atom stereocenters. The molecule has 0 bridgehead atoms. The predicted octanol–water partition coefficient (Wildman–Crippen LogP) is 2.29. The van der Waals surface area contributed by atoms with Crippen molar-refractivity contribution in [1.82, 2.24) is 4.90 Å². The van der Waals surface area contributed by atoms with Gasteiger partial charge in [0, 0.05) is 20.5 Å². The van der Waals surface area contributed by atoms with Crippen LogP contribution in [0.15, 0.2) is 0 Å². The molecule has 1 amide bonds. The van der Waals surface area contributed by atoms with Crippen molar-refractivity contribution >= 4 is 5.91 Å². The van der Waals surface area contributed by atoms with Crippen molar-refractivity contribution in [3.63, 3.8) is 0 Å². The minimum Gasteiger partial charge on any atom is -0.346 e. The van der Waals surface area contributed by atoms with Gasteiger partial charge in [0.05, 0.1) is 0 Å². The fourth-order valence-electron chi connectivity index (χ4n) is 1.23. The Morgan fingerprint density at radius 1 is 1.33 bits per heavy atom. The van der Waals surface area contributed by atoms with E-state index in [-0.39, 0.29) is 5.91 Å². The minimum absolute atomic E-state index is 0.168. The lowest BCUT2D eigenvalue weighted by Gasteiger charge is -2.18. The number of amides is 1. The van der Waals surface area contributed by atoms with E-state index < -0.39 is 0 Å². The summed E-state index contributed by atoms with van der Waals surface area (Å²) in [6.07, 6.45) is 3.59. The van der Waals surface area contributed by atoms with Gasteiger partial charge in [0.1, 0.15) is 0 Å². The van der Waals surface area contributed by atoms with E-state index in [0.717, 1.165) is 18.9 Å². The third-order valence-electron chi connectivity index (χ3n) is 2.57. The van der Waals surface area contributed by atoms with Crippen LogP contribution in [0.1, 0.15) is 40.0 Å². The Balaban J connectivity index is 3.58. The van der Waals surface area contributed by atoms with Crippen LogP contribution < -0.4 is 0 Å². The summed E-state index contributed by atoms with van der Waals surface area (Å²) in [7, 11) is 1.87. The van der Waals surface area contributed by atoms with Crippen LogP contribution in [0.3, 0.4) is 0 Å². The molecule has 0 N–H and O–H groups in total. The Morgan fingerprint density at radius 3 is 2.17 bits per heavy atom. The van der Waals surface area contributed by atoms with Crippen molar-refractivity contribution in [3.05, 3.63) is 0 Å². The molecule has 0 aliphatic carbocycles. The first-order chi connectivity index (χ1) is 5.61. The highest BCUT2D eigenvalue weighted by atomic mass is 16.2. The standard InChI is InChI=1S/C10H21NO/c1-5-10(6-2)7-8-11(4)9(3)12/h10H,5-8H2,1-4H3. The van der Waals surface area contributed by atoms with Crippen LogP contribution in [0.2, 0.25) is 0 Å². The Labute approximate surface area is 75.9 Å². The van der Waals surface area contributed by atoms with Crippen molar-refractivity contribution in [2.75, 3.05) is 13.6 Å². The van der Waals surface area contributed by atoms with E-state index in [0.29, 0.717) is 0 Å². The summed E-state index contributed by atoms with van der Waals surface area (Å²) >= 11 is 0.